The summed E-state index contributed by atoms with van der Waals surface area (Å²) in [6.45, 7) is 10.0. The van der Waals surface area contributed by atoms with Crippen LogP contribution in [0.2, 0.25) is 0 Å². The van der Waals surface area contributed by atoms with Crippen LogP contribution >= 0.6 is 0 Å². The number of hydrogen-bond acceptors (Lipinski definition) is 10. The maximum absolute atomic E-state index is 8.84. The van der Waals surface area contributed by atoms with E-state index in [0.29, 0.717) is 62.1 Å². The van der Waals surface area contributed by atoms with Gasteiger partial charge >= 0.3 is 0 Å². The Hall–Kier alpha value is -2.20. The standard InChI is InChI=1S/C15H30N6O4/c1-12(16-22)8-20(9-13(2)17-23)6-5-7-21(10-14(3)18-24)11-15(4)19-25/h22-25H,5-11H2,1-4H3/b16-12-,17-13+,18-14-,19-15+. The van der Waals surface area contributed by atoms with Crippen molar-refractivity contribution in [1.29, 1.82) is 0 Å². The zero-order chi connectivity index (χ0) is 19.2. The molecule has 0 bridgehead atoms. The highest BCUT2D eigenvalue weighted by molar-refractivity contribution is 5.86. The van der Waals surface area contributed by atoms with Crippen molar-refractivity contribution in [3.05, 3.63) is 0 Å². The first-order valence-corrected chi connectivity index (χ1v) is 8.01. The lowest BCUT2D eigenvalue weighted by atomic mass is 10.2. The maximum Gasteiger partial charge on any atom is 0.0680 e. The van der Waals surface area contributed by atoms with E-state index in [2.05, 4.69) is 20.6 Å². The third-order valence-electron chi connectivity index (χ3n) is 3.44. The molecular formula is C15H30N6O4. The molecule has 0 aromatic carbocycles. The Labute approximate surface area is 148 Å². The fourth-order valence-corrected chi connectivity index (χ4v) is 2.37. The van der Waals surface area contributed by atoms with Gasteiger partial charge in [0.2, 0.25) is 0 Å². The van der Waals surface area contributed by atoms with Gasteiger partial charge in [-0.1, -0.05) is 20.6 Å². The molecule has 0 radical (unpaired) electrons. The summed E-state index contributed by atoms with van der Waals surface area (Å²) < 4.78 is 0. The highest BCUT2D eigenvalue weighted by Crippen LogP contribution is 2.00. The van der Waals surface area contributed by atoms with E-state index in [9.17, 15) is 0 Å². The summed E-state index contributed by atoms with van der Waals surface area (Å²) in [5.74, 6) is 0. The van der Waals surface area contributed by atoms with Crippen LogP contribution < -0.4 is 0 Å². The third kappa shape index (κ3) is 11.1. The third-order valence-corrected chi connectivity index (χ3v) is 3.44. The summed E-state index contributed by atoms with van der Waals surface area (Å²) in [5, 5.41) is 48.1. The van der Waals surface area contributed by atoms with Gasteiger partial charge in [-0.05, 0) is 34.1 Å². The zero-order valence-corrected chi connectivity index (χ0v) is 15.4. The van der Waals surface area contributed by atoms with E-state index in [4.69, 9.17) is 20.8 Å². The topological polar surface area (TPSA) is 137 Å². The van der Waals surface area contributed by atoms with Gasteiger partial charge in [0.1, 0.15) is 0 Å². The Bertz CT molecular complexity index is 420. The van der Waals surface area contributed by atoms with Crippen molar-refractivity contribution in [2.75, 3.05) is 39.3 Å². The van der Waals surface area contributed by atoms with Crippen molar-refractivity contribution in [1.82, 2.24) is 9.80 Å². The second-order valence-electron chi connectivity index (χ2n) is 6.12. The molecule has 144 valence electrons. The SMILES string of the molecule is C/C(CN(CCCN(C/C(C)=N\O)C/C(C)=N/O)C/C(C)=N/O)=N/O. The zero-order valence-electron chi connectivity index (χ0n) is 15.4. The van der Waals surface area contributed by atoms with Crippen molar-refractivity contribution in [2.45, 2.75) is 34.1 Å². The summed E-state index contributed by atoms with van der Waals surface area (Å²) in [5.41, 5.74) is 2.26. The summed E-state index contributed by atoms with van der Waals surface area (Å²) in [4.78, 5) is 4.00. The molecule has 10 heteroatoms. The highest BCUT2D eigenvalue weighted by atomic mass is 16.4. The van der Waals surface area contributed by atoms with Crippen LogP contribution in [-0.4, -0.2) is 92.7 Å². The van der Waals surface area contributed by atoms with Crippen LogP contribution in [0.3, 0.4) is 0 Å². The van der Waals surface area contributed by atoms with Crippen molar-refractivity contribution in [2.24, 2.45) is 20.6 Å². The minimum absolute atomic E-state index is 0.456. The molecule has 0 aromatic heterocycles. The molecule has 0 atom stereocenters. The van der Waals surface area contributed by atoms with E-state index < -0.39 is 0 Å². The normalized spacial score (nSPS) is 14.6. The summed E-state index contributed by atoms with van der Waals surface area (Å²) in [7, 11) is 0. The lowest BCUT2D eigenvalue weighted by molar-refractivity contribution is 0.272. The Morgan fingerprint density at radius 2 is 0.800 bits per heavy atom. The molecular weight excluding hydrogens is 328 g/mol. The van der Waals surface area contributed by atoms with Crippen molar-refractivity contribution < 1.29 is 20.8 Å². The van der Waals surface area contributed by atoms with Gasteiger partial charge in [0, 0.05) is 39.3 Å². The van der Waals surface area contributed by atoms with Gasteiger partial charge in [-0.25, -0.2) is 0 Å². The smallest absolute Gasteiger partial charge is 0.0680 e. The fraction of sp³-hybridized carbons (Fsp3) is 0.733. The summed E-state index contributed by atoms with van der Waals surface area (Å²) in [6.07, 6.45) is 0.773. The van der Waals surface area contributed by atoms with E-state index >= 15 is 0 Å². The first-order chi connectivity index (χ1) is 11.9. The monoisotopic (exact) mass is 358 g/mol. The fourth-order valence-electron chi connectivity index (χ4n) is 2.37. The number of nitrogens with zero attached hydrogens (tertiary/aromatic N) is 6. The van der Waals surface area contributed by atoms with Crippen molar-refractivity contribution in [3.8, 4) is 0 Å². The molecule has 0 amide bonds. The molecule has 0 heterocycles. The largest absolute Gasteiger partial charge is 0.411 e. The molecule has 4 N–H and O–H groups in total. The van der Waals surface area contributed by atoms with E-state index in [1.807, 2.05) is 9.80 Å². The second-order valence-corrected chi connectivity index (χ2v) is 6.12. The minimum Gasteiger partial charge on any atom is -0.411 e. The van der Waals surface area contributed by atoms with Crippen LogP contribution in [-0.2, 0) is 0 Å². The van der Waals surface area contributed by atoms with E-state index in [1.54, 1.807) is 27.7 Å². The van der Waals surface area contributed by atoms with Crippen LogP contribution in [0.25, 0.3) is 0 Å². The Kier molecular flexibility index (Phi) is 12.0. The average Bonchev–Trinajstić information content (AvgIpc) is 2.60. The predicted molar refractivity (Wildman–Crippen MR) is 97.1 cm³/mol. The van der Waals surface area contributed by atoms with Crippen molar-refractivity contribution >= 4 is 22.8 Å². The highest BCUT2D eigenvalue weighted by Gasteiger charge is 2.12. The van der Waals surface area contributed by atoms with Crippen molar-refractivity contribution in [3.63, 3.8) is 0 Å². The maximum atomic E-state index is 8.84. The summed E-state index contributed by atoms with van der Waals surface area (Å²) in [6, 6.07) is 0. The molecule has 10 nitrogen and oxygen atoms in total. The lowest BCUT2D eigenvalue weighted by Gasteiger charge is -2.25. The van der Waals surface area contributed by atoms with E-state index in [1.165, 1.54) is 0 Å². The minimum atomic E-state index is 0.456. The number of hydrogen-bond donors (Lipinski definition) is 4. The Balaban J connectivity index is 4.73. The molecule has 0 aliphatic carbocycles. The molecule has 0 unspecified atom stereocenters. The molecule has 0 rings (SSSR count). The van der Waals surface area contributed by atoms with E-state index in [0.717, 1.165) is 6.42 Å². The first kappa shape index (κ1) is 22.8. The van der Waals surface area contributed by atoms with Gasteiger partial charge in [-0.2, -0.15) is 0 Å². The molecule has 25 heavy (non-hydrogen) atoms. The molecule has 0 fully saturated rings. The van der Waals surface area contributed by atoms with Gasteiger partial charge in [0.15, 0.2) is 0 Å². The molecule has 0 aliphatic heterocycles. The van der Waals surface area contributed by atoms with Crippen LogP contribution in [0.1, 0.15) is 34.1 Å². The van der Waals surface area contributed by atoms with E-state index in [-0.39, 0.29) is 0 Å². The lowest BCUT2D eigenvalue weighted by Crippen LogP contribution is -2.38. The van der Waals surface area contributed by atoms with Crippen LogP contribution in [0.5, 0.6) is 0 Å². The van der Waals surface area contributed by atoms with Gasteiger partial charge < -0.3 is 20.8 Å². The van der Waals surface area contributed by atoms with Gasteiger partial charge in [0.05, 0.1) is 22.8 Å². The quantitative estimate of drug-likeness (QED) is 0.236. The number of rotatable bonds is 12. The number of oxime groups is 4. The van der Waals surface area contributed by atoms with Gasteiger partial charge in [-0.15, -0.1) is 0 Å². The molecule has 0 saturated heterocycles. The first-order valence-electron chi connectivity index (χ1n) is 8.01. The summed E-state index contributed by atoms with van der Waals surface area (Å²) >= 11 is 0. The molecule has 0 aliphatic rings. The van der Waals surface area contributed by atoms with Crippen LogP contribution in [0.4, 0.5) is 0 Å². The second kappa shape index (κ2) is 13.1. The van der Waals surface area contributed by atoms with Gasteiger partial charge in [-0.3, -0.25) is 9.80 Å². The van der Waals surface area contributed by atoms with Crippen LogP contribution in [0.15, 0.2) is 20.6 Å². The molecule has 0 saturated carbocycles. The Morgan fingerprint density at radius 3 is 1.00 bits per heavy atom. The van der Waals surface area contributed by atoms with Crippen LogP contribution in [0, 0.1) is 0 Å². The average molecular weight is 358 g/mol. The Morgan fingerprint density at radius 1 is 0.560 bits per heavy atom. The van der Waals surface area contributed by atoms with Gasteiger partial charge in [0.25, 0.3) is 0 Å². The molecule has 0 aromatic rings. The predicted octanol–water partition coefficient (Wildman–Crippen LogP) is 1.38. The molecule has 0 spiro atoms.